The van der Waals surface area contributed by atoms with Crippen molar-refractivity contribution in [2.75, 3.05) is 6.61 Å². The standard InChI is InChI=1S/C18H30O/c1-3-15-5-7-16(8-6-15)9-10-17-11-13-18(14-12-17)19-4-2/h15-18H,3-8,11-14H2,1-2H3. The van der Waals surface area contributed by atoms with Crippen LogP contribution in [0.4, 0.5) is 0 Å². The van der Waals surface area contributed by atoms with Crippen molar-refractivity contribution < 1.29 is 4.74 Å². The van der Waals surface area contributed by atoms with Crippen molar-refractivity contribution in [1.29, 1.82) is 0 Å². The zero-order valence-electron chi connectivity index (χ0n) is 12.8. The molecule has 1 heteroatoms. The summed E-state index contributed by atoms with van der Waals surface area (Å²) in [5.74, 6) is 9.51. The predicted octanol–water partition coefficient (Wildman–Crippen LogP) is 4.80. The Hall–Kier alpha value is -0.480. The second kappa shape index (κ2) is 7.95. The van der Waals surface area contributed by atoms with Gasteiger partial charge in [-0.2, -0.15) is 0 Å². The second-order valence-electron chi connectivity index (χ2n) is 6.34. The van der Waals surface area contributed by atoms with E-state index >= 15 is 0 Å². The Kier molecular flexibility index (Phi) is 6.24. The van der Waals surface area contributed by atoms with Gasteiger partial charge in [0.15, 0.2) is 0 Å². The molecule has 0 heterocycles. The first kappa shape index (κ1) is 14.9. The molecular weight excluding hydrogens is 232 g/mol. The van der Waals surface area contributed by atoms with Gasteiger partial charge in [0, 0.05) is 18.4 Å². The first-order chi connectivity index (χ1) is 9.31. The maximum absolute atomic E-state index is 5.70. The topological polar surface area (TPSA) is 9.23 Å². The number of ether oxygens (including phenoxy) is 1. The highest BCUT2D eigenvalue weighted by molar-refractivity contribution is 5.09. The molecule has 2 fully saturated rings. The monoisotopic (exact) mass is 262 g/mol. The third-order valence-electron chi connectivity index (χ3n) is 4.99. The van der Waals surface area contributed by atoms with Crippen LogP contribution in [0.15, 0.2) is 0 Å². The van der Waals surface area contributed by atoms with Crippen LogP contribution in [0.25, 0.3) is 0 Å². The molecule has 2 rings (SSSR count). The maximum atomic E-state index is 5.70. The Morgan fingerprint density at radius 1 is 0.789 bits per heavy atom. The van der Waals surface area contributed by atoms with E-state index in [-0.39, 0.29) is 0 Å². The molecule has 19 heavy (non-hydrogen) atoms. The van der Waals surface area contributed by atoms with E-state index in [1.807, 2.05) is 0 Å². The van der Waals surface area contributed by atoms with Crippen molar-refractivity contribution in [1.82, 2.24) is 0 Å². The van der Waals surface area contributed by atoms with Crippen molar-refractivity contribution in [2.24, 2.45) is 17.8 Å². The fourth-order valence-corrected chi connectivity index (χ4v) is 3.56. The highest BCUT2D eigenvalue weighted by atomic mass is 16.5. The van der Waals surface area contributed by atoms with E-state index in [2.05, 4.69) is 25.7 Å². The third-order valence-corrected chi connectivity index (χ3v) is 4.99. The Morgan fingerprint density at radius 3 is 1.79 bits per heavy atom. The smallest absolute Gasteiger partial charge is 0.0575 e. The minimum Gasteiger partial charge on any atom is -0.379 e. The summed E-state index contributed by atoms with van der Waals surface area (Å²) in [6, 6.07) is 0. The summed E-state index contributed by atoms with van der Waals surface area (Å²) in [4.78, 5) is 0. The molecule has 0 saturated heterocycles. The van der Waals surface area contributed by atoms with Gasteiger partial charge in [0.1, 0.15) is 0 Å². The van der Waals surface area contributed by atoms with Crippen molar-refractivity contribution in [3.05, 3.63) is 0 Å². The molecule has 2 aliphatic carbocycles. The molecule has 0 N–H and O–H groups in total. The summed E-state index contributed by atoms with van der Waals surface area (Å²) >= 11 is 0. The summed E-state index contributed by atoms with van der Waals surface area (Å²) in [7, 11) is 0. The lowest BCUT2D eigenvalue weighted by Crippen LogP contribution is -2.21. The lowest BCUT2D eigenvalue weighted by Gasteiger charge is -2.26. The van der Waals surface area contributed by atoms with Crippen LogP contribution in [0.3, 0.4) is 0 Å². The van der Waals surface area contributed by atoms with Crippen LogP contribution in [0.5, 0.6) is 0 Å². The highest BCUT2D eigenvalue weighted by Crippen LogP contribution is 2.31. The van der Waals surface area contributed by atoms with Gasteiger partial charge in [-0.25, -0.2) is 0 Å². The maximum Gasteiger partial charge on any atom is 0.0575 e. The zero-order chi connectivity index (χ0) is 13.5. The lowest BCUT2D eigenvalue weighted by molar-refractivity contribution is 0.0310. The van der Waals surface area contributed by atoms with Gasteiger partial charge < -0.3 is 4.74 Å². The second-order valence-corrected chi connectivity index (χ2v) is 6.34. The van der Waals surface area contributed by atoms with Crippen LogP contribution in [0.1, 0.15) is 71.6 Å². The highest BCUT2D eigenvalue weighted by Gasteiger charge is 2.21. The summed E-state index contributed by atoms with van der Waals surface area (Å²) in [5, 5.41) is 0. The van der Waals surface area contributed by atoms with Crippen LogP contribution in [0.2, 0.25) is 0 Å². The molecule has 108 valence electrons. The molecular formula is C18H30O. The number of rotatable bonds is 3. The molecule has 0 atom stereocenters. The van der Waals surface area contributed by atoms with Crippen LogP contribution in [0, 0.1) is 29.6 Å². The number of hydrogen-bond donors (Lipinski definition) is 0. The lowest BCUT2D eigenvalue weighted by atomic mass is 9.80. The molecule has 0 aromatic heterocycles. The fourth-order valence-electron chi connectivity index (χ4n) is 3.56. The molecule has 0 radical (unpaired) electrons. The van der Waals surface area contributed by atoms with Gasteiger partial charge in [0.05, 0.1) is 6.10 Å². The Bertz CT molecular complexity index is 295. The van der Waals surface area contributed by atoms with Crippen LogP contribution < -0.4 is 0 Å². The molecule has 0 aromatic rings. The minimum atomic E-state index is 0.517. The summed E-state index contributed by atoms with van der Waals surface area (Å²) in [6.07, 6.45) is 12.3. The molecule has 2 aliphatic rings. The minimum absolute atomic E-state index is 0.517. The van der Waals surface area contributed by atoms with E-state index in [1.165, 1.54) is 57.8 Å². The van der Waals surface area contributed by atoms with Gasteiger partial charge in [0.25, 0.3) is 0 Å². The SMILES string of the molecule is CCOC1CCC(C#CC2CCC(CC)CC2)CC1. The molecule has 0 bridgehead atoms. The zero-order valence-corrected chi connectivity index (χ0v) is 12.8. The van der Waals surface area contributed by atoms with Gasteiger partial charge in [-0.15, -0.1) is 0 Å². The van der Waals surface area contributed by atoms with E-state index in [1.54, 1.807) is 0 Å². The first-order valence-electron chi connectivity index (χ1n) is 8.44. The van der Waals surface area contributed by atoms with Gasteiger partial charge in [-0.1, -0.05) is 25.2 Å². The van der Waals surface area contributed by atoms with E-state index in [0.717, 1.165) is 12.5 Å². The third kappa shape index (κ3) is 4.84. The van der Waals surface area contributed by atoms with Crippen molar-refractivity contribution in [3.8, 4) is 11.8 Å². The normalized spacial score (nSPS) is 35.5. The predicted molar refractivity (Wildman–Crippen MR) is 80.9 cm³/mol. The molecule has 0 aliphatic heterocycles. The quantitative estimate of drug-likeness (QED) is 0.664. The molecule has 0 aromatic carbocycles. The Labute approximate surface area is 119 Å². The van der Waals surface area contributed by atoms with Crippen LogP contribution >= 0.6 is 0 Å². The van der Waals surface area contributed by atoms with E-state index in [0.29, 0.717) is 17.9 Å². The molecule has 2 saturated carbocycles. The molecule has 0 unspecified atom stereocenters. The van der Waals surface area contributed by atoms with Crippen molar-refractivity contribution in [2.45, 2.75) is 77.7 Å². The summed E-state index contributed by atoms with van der Waals surface area (Å²) in [6.45, 7) is 5.29. The van der Waals surface area contributed by atoms with Crippen LogP contribution in [-0.4, -0.2) is 12.7 Å². The fraction of sp³-hybridized carbons (Fsp3) is 0.889. The average Bonchev–Trinajstić information content (AvgIpc) is 2.47. The molecule has 1 nitrogen and oxygen atoms in total. The van der Waals surface area contributed by atoms with Crippen LogP contribution in [-0.2, 0) is 4.74 Å². The Balaban J connectivity index is 1.70. The number of hydrogen-bond acceptors (Lipinski definition) is 1. The van der Waals surface area contributed by atoms with Crippen molar-refractivity contribution >= 4 is 0 Å². The summed E-state index contributed by atoms with van der Waals surface area (Å²) < 4.78 is 5.70. The molecule has 0 amide bonds. The first-order valence-corrected chi connectivity index (χ1v) is 8.44. The van der Waals surface area contributed by atoms with Crippen molar-refractivity contribution in [3.63, 3.8) is 0 Å². The largest absolute Gasteiger partial charge is 0.379 e. The summed E-state index contributed by atoms with van der Waals surface area (Å²) in [5.41, 5.74) is 0. The van der Waals surface area contributed by atoms with Gasteiger partial charge in [0.2, 0.25) is 0 Å². The molecule has 0 spiro atoms. The van der Waals surface area contributed by atoms with E-state index in [9.17, 15) is 0 Å². The van der Waals surface area contributed by atoms with E-state index < -0.39 is 0 Å². The van der Waals surface area contributed by atoms with Gasteiger partial charge in [-0.3, -0.25) is 0 Å². The average molecular weight is 262 g/mol. The van der Waals surface area contributed by atoms with E-state index in [4.69, 9.17) is 4.74 Å². The van der Waals surface area contributed by atoms with Gasteiger partial charge >= 0.3 is 0 Å². The Morgan fingerprint density at radius 2 is 1.32 bits per heavy atom. The van der Waals surface area contributed by atoms with Gasteiger partial charge in [-0.05, 0) is 64.2 Å².